The van der Waals surface area contributed by atoms with Crippen LogP contribution >= 0.6 is 0 Å². The van der Waals surface area contributed by atoms with Gasteiger partial charge in [0.2, 0.25) is 0 Å². The van der Waals surface area contributed by atoms with E-state index in [0.717, 1.165) is 29.1 Å². The van der Waals surface area contributed by atoms with Crippen molar-refractivity contribution in [3.8, 4) is 16.9 Å². The number of aromatic nitrogens is 2. The first kappa shape index (κ1) is 23.3. The van der Waals surface area contributed by atoms with E-state index in [9.17, 15) is 18.0 Å². The van der Waals surface area contributed by atoms with Gasteiger partial charge in [0.1, 0.15) is 5.69 Å². The lowest BCUT2D eigenvalue weighted by atomic mass is 10.0. The predicted molar refractivity (Wildman–Crippen MR) is 126 cm³/mol. The van der Waals surface area contributed by atoms with Gasteiger partial charge in [0.25, 0.3) is 5.91 Å². The first-order valence-electron chi connectivity index (χ1n) is 10.9. The summed E-state index contributed by atoms with van der Waals surface area (Å²) in [6.07, 6.45) is -3.82. The molecule has 0 fully saturated rings. The van der Waals surface area contributed by atoms with E-state index in [2.05, 4.69) is 0 Å². The molecule has 0 atom stereocenters. The Labute approximate surface area is 196 Å². The normalized spacial score (nSPS) is 11.4. The highest BCUT2D eigenvalue weighted by Gasteiger charge is 2.30. The van der Waals surface area contributed by atoms with Gasteiger partial charge in [-0.25, -0.2) is 4.68 Å². The molecule has 0 unspecified atom stereocenters. The van der Waals surface area contributed by atoms with Crippen LogP contribution in [0.1, 0.15) is 34.1 Å². The Hall–Kier alpha value is -3.87. The molecule has 0 radical (unpaired) electrons. The second-order valence-electron chi connectivity index (χ2n) is 7.99. The molecule has 4 nitrogen and oxygen atoms in total. The molecular formula is C27H24F3N3O. The van der Waals surface area contributed by atoms with Crippen LogP contribution in [-0.2, 0) is 19.1 Å². The van der Waals surface area contributed by atoms with Gasteiger partial charge in [-0.1, -0.05) is 67.6 Å². The van der Waals surface area contributed by atoms with Crippen LogP contribution in [0.3, 0.4) is 0 Å². The third-order valence-corrected chi connectivity index (χ3v) is 5.63. The zero-order valence-corrected chi connectivity index (χ0v) is 18.9. The summed E-state index contributed by atoms with van der Waals surface area (Å²) in [4.78, 5) is 15.2. The molecule has 0 aliphatic heterocycles. The van der Waals surface area contributed by atoms with Gasteiger partial charge < -0.3 is 4.90 Å². The number of halogens is 3. The van der Waals surface area contributed by atoms with Crippen molar-refractivity contribution in [2.75, 3.05) is 7.05 Å². The molecule has 7 heteroatoms. The standard InChI is InChI=1S/C27H24F3N3O/c1-3-23-24(26(34)32(2)18-19-14-16-21(17-15-19)27(28,29)30)25(20-10-6-4-7-11-20)31-33(23)22-12-8-5-9-13-22/h4-17H,3,18H2,1-2H3. The molecule has 0 aliphatic rings. The Morgan fingerprint density at radius 1 is 0.912 bits per heavy atom. The maximum atomic E-state index is 13.7. The molecule has 0 spiro atoms. The number of benzene rings is 3. The van der Waals surface area contributed by atoms with Crippen molar-refractivity contribution in [1.29, 1.82) is 0 Å². The third kappa shape index (κ3) is 4.73. The van der Waals surface area contributed by atoms with Crippen LogP contribution in [-0.4, -0.2) is 27.6 Å². The molecule has 1 heterocycles. The number of hydrogen-bond donors (Lipinski definition) is 0. The van der Waals surface area contributed by atoms with Gasteiger partial charge in [-0.05, 0) is 36.2 Å². The lowest BCUT2D eigenvalue weighted by Gasteiger charge is -2.19. The molecule has 34 heavy (non-hydrogen) atoms. The van der Waals surface area contributed by atoms with E-state index >= 15 is 0 Å². The van der Waals surface area contributed by atoms with E-state index in [1.807, 2.05) is 67.6 Å². The summed E-state index contributed by atoms with van der Waals surface area (Å²) in [5.74, 6) is -0.238. The summed E-state index contributed by atoms with van der Waals surface area (Å²) in [6.45, 7) is 2.14. The molecule has 174 valence electrons. The second-order valence-corrected chi connectivity index (χ2v) is 7.99. The molecule has 4 rings (SSSR count). The van der Waals surface area contributed by atoms with Crippen molar-refractivity contribution in [1.82, 2.24) is 14.7 Å². The molecule has 1 amide bonds. The topological polar surface area (TPSA) is 38.1 Å². The Balaban J connectivity index is 1.73. The van der Waals surface area contributed by atoms with E-state index < -0.39 is 11.7 Å². The minimum Gasteiger partial charge on any atom is -0.337 e. The van der Waals surface area contributed by atoms with Crippen molar-refractivity contribution < 1.29 is 18.0 Å². The SMILES string of the molecule is CCc1c(C(=O)N(C)Cc2ccc(C(F)(F)F)cc2)c(-c2ccccc2)nn1-c1ccccc1. The Kier molecular flexibility index (Phi) is 6.54. The monoisotopic (exact) mass is 463 g/mol. The largest absolute Gasteiger partial charge is 0.416 e. The Bertz CT molecular complexity index is 1260. The van der Waals surface area contributed by atoms with Gasteiger partial charge in [0, 0.05) is 19.2 Å². The van der Waals surface area contributed by atoms with Gasteiger partial charge in [0.05, 0.1) is 22.5 Å². The van der Waals surface area contributed by atoms with Crippen LogP contribution in [0.4, 0.5) is 13.2 Å². The van der Waals surface area contributed by atoms with Gasteiger partial charge in [0.15, 0.2) is 0 Å². The van der Waals surface area contributed by atoms with Gasteiger partial charge >= 0.3 is 6.18 Å². The lowest BCUT2D eigenvalue weighted by molar-refractivity contribution is -0.137. The van der Waals surface area contributed by atoms with Gasteiger partial charge in [-0.2, -0.15) is 18.3 Å². The quantitative estimate of drug-likeness (QED) is 0.332. The molecule has 0 bridgehead atoms. The van der Waals surface area contributed by atoms with Crippen LogP contribution in [0, 0.1) is 0 Å². The number of carbonyl (C=O) groups is 1. The molecule has 0 aliphatic carbocycles. The molecule has 0 N–H and O–H groups in total. The number of nitrogens with zero attached hydrogens (tertiary/aromatic N) is 3. The van der Waals surface area contributed by atoms with E-state index in [1.165, 1.54) is 17.0 Å². The molecule has 0 saturated carbocycles. The number of hydrogen-bond acceptors (Lipinski definition) is 2. The summed E-state index contributed by atoms with van der Waals surface area (Å²) in [6, 6.07) is 24.0. The fourth-order valence-electron chi connectivity index (χ4n) is 3.92. The zero-order chi connectivity index (χ0) is 24.3. The highest BCUT2D eigenvalue weighted by molar-refractivity contribution is 6.01. The van der Waals surface area contributed by atoms with Crippen molar-refractivity contribution in [2.24, 2.45) is 0 Å². The fraction of sp³-hybridized carbons (Fsp3) is 0.185. The van der Waals surface area contributed by atoms with Crippen LogP contribution in [0.25, 0.3) is 16.9 Å². The lowest BCUT2D eigenvalue weighted by Crippen LogP contribution is -2.27. The van der Waals surface area contributed by atoms with E-state index in [0.29, 0.717) is 23.2 Å². The molecule has 1 aromatic heterocycles. The van der Waals surface area contributed by atoms with Crippen LogP contribution in [0.15, 0.2) is 84.9 Å². The number of amides is 1. The molecular weight excluding hydrogens is 439 g/mol. The molecule has 0 saturated heterocycles. The Morgan fingerprint density at radius 2 is 1.50 bits per heavy atom. The number of rotatable bonds is 6. The summed E-state index contributed by atoms with van der Waals surface area (Å²) in [5.41, 5.74) is 3.40. The average Bonchev–Trinajstić information content (AvgIpc) is 3.24. The Morgan fingerprint density at radius 3 is 2.06 bits per heavy atom. The number of carbonyl (C=O) groups excluding carboxylic acids is 1. The summed E-state index contributed by atoms with van der Waals surface area (Å²) < 4.78 is 40.5. The highest BCUT2D eigenvalue weighted by Crippen LogP contribution is 2.31. The minimum atomic E-state index is -4.40. The van der Waals surface area contributed by atoms with Crippen molar-refractivity contribution in [2.45, 2.75) is 26.1 Å². The van der Waals surface area contributed by atoms with E-state index in [-0.39, 0.29) is 12.5 Å². The average molecular weight is 464 g/mol. The van der Waals surface area contributed by atoms with Crippen LogP contribution in [0.5, 0.6) is 0 Å². The molecule has 4 aromatic rings. The predicted octanol–water partition coefficient (Wildman–Crippen LogP) is 6.39. The highest BCUT2D eigenvalue weighted by atomic mass is 19.4. The zero-order valence-electron chi connectivity index (χ0n) is 18.9. The third-order valence-electron chi connectivity index (χ3n) is 5.63. The van der Waals surface area contributed by atoms with E-state index in [1.54, 1.807) is 11.7 Å². The maximum absolute atomic E-state index is 13.7. The van der Waals surface area contributed by atoms with Crippen LogP contribution in [0.2, 0.25) is 0 Å². The van der Waals surface area contributed by atoms with Gasteiger partial charge in [-0.15, -0.1) is 0 Å². The maximum Gasteiger partial charge on any atom is 0.416 e. The fourth-order valence-corrected chi connectivity index (χ4v) is 3.92. The van der Waals surface area contributed by atoms with Crippen molar-refractivity contribution in [3.05, 3.63) is 107 Å². The first-order valence-corrected chi connectivity index (χ1v) is 10.9. The number of alkyl halides is 3. The van der Waals surface area contributed by atoms with Gasteiger partial charge in [-0.3, -0.25) is 4.79 Å². The summed E-state index contributed by atoms with van der Waals surface area (Å²) in [7, 11) is 1.65. The summed E-state index contributed by atoms with van der Waals surface area (Å²) >= 11 is 0. The van der Waals surface area contributed by atoms with Crippen molar-refractivity contribution >= 4 is 5.91 Å². The molecule has 3 aromatic carbocycles. The summed E-state index contributed by atoms with van der Waals surface area (Å²) in [5, 5.41) is 4.81. The van der Waals surface area contributed by atoms with Crippen LogP contribution < -0.4 is 0 Å². The number of para-hydroxylation sites is 1. The minimum absolute atomic E-state index is 0.171. The second kappa shape index (κ2) is 9.55. The first-order chi connectivity index (χ1) is 16.3. The van der Waals surface area contributed by atoms with Crippen molar-refractivity contribution in [3.63, 3.8) is 0 Å². The smallest absolute Gasteiger partial charge is 0.337 e. The van der Waals surface area contributed by atoms with E-state index in [4.69, 9.17) is 5.10 Å².